The monoisotopic (exact) mass is 404 g/mol. The zero-order valence-corrected chi connectivity index (χ0v) is 18.4. The fourth-order valence-corrected chi connectivity index (χ4v) is 2.56. The van der Waals surface area contributed by atoms with Crippen LogP contribution < -0.4 is 20.5 Å². The number of esters is 1. The van der Waals surface area contributed by atoms with Gasteiger partial charge in [0, 0.05) is 13.0 Å². The van der Waals surface area contributed by atoms with E-state index in [0.29, 0.717) is 30.4 Å². The molecule has 1 aromatic rings. The van der Waals surface area contributed by atoms with Gasteiger partial charge in [-0.25, -0.2) is 4.79 Å². The van der Waals surface area contributed by atoms with Crippen LogP contribution in [-0.4, -0.2) is 25.0 Å². The molecule has 0 fully saturated rings. The van der Waals surface area contributed by atoms with Crippen LogP contribution in [-0.2, 0) is 16.1 Å². The van der Waals surface area contributed by atoms with Crippen molar-refractivity contribution in [1.29, 1.82) is 0 Å². The SMILES string of the molecule is COc1cc(CNC(=O)CCCC/C=C/C(C)C)ccc1OC(=O)[C@H](N)C(C)C. The first kappa shape index (κ1) is 24.7. The smallest absolute Gasteiger partial charge is 0.328 e. The third-order valence-electron chi connectivity index (χ3n) is 4.46. The Hall–Kier alpha value is -2.34. The summed E-state index contributed by atoms with van der Waals surface area (Å²) in [6.45, 7) is 8.41. The van der Waals surface area contributed by atoms with Gasteiger partial charge in [-0.3, -0.25) is 4.79 Å². The number of allylic oxidation sites excluding steroid dienone is 2. The molecular formula is C23H36N2O4. The lowest BCUT2D eigenvalue weighted by atomic mass is 10.1. The molecule has 6 heteroatoms. The highest BCUT2D eigenvalue weighted by Gasteiger charge is 2.21. The third-order valence-corrected chi connectivity index (χ3v) is 4.46. The molecule has 0 radical (unpaired) electrons. The Bertz CT molecular complexity index is 683. The number of amides is 1. The van der Waals surface area contributed by atoms with Gasteiger partial charge in [0.15, 0.2) is 11.5 Å². The number of nitrogens with two attached hydrogens (primary N) is 1. The van der Waals surface area contributed by atoms with Gasteiger partial charge in [0.2, 0.25) is 5.91 Å². The van der Waals surface area contributed by atoms with E-state index in [1.54, 1.807) is 18.2 Å². The van der Waals surface area contributed by atoms with Gasteiger partial charge in [-0.2, -0.15) is 0 Å². The first-order chi connectivity index (χ1) is 13.7. The minimum Gasteiger partial charge on any atom is -0.493 e. The summed E-state index contributed by atoms with van der Waals surface area (Å²) in [6, 6.07) is 4.51. The molecule has 6 nitrogen and oxygen atoms in total. The maximum Gasteiger partial charge on any atom is 0.328 e. The van der Waals surface area contributed by atoms with Crippen LogP contribution in [0.4, 0.5) is 0 Å². The molecule has 0 saturated heterocycles. The van der Waals surface area contributed by atoms with E-state index < -0.39 is 12.0 Å². The molecule has 1 rings (SSSR count). The van der Waals surface area contributed by atoms with Gasteiger partial charge in [0.25, 0.3) is 0 Å². The minimum absolute atomic E-state index is 0.0193. The van der Waals surface area contributed by atoms with Crippen molar-refractivity contribution >= 4 is 11.9 Å². The lowest BCUT2D eigenvalue weighted by Crippen LogP contribution is -2.38. The van der Waals surface area contributed by atoms with Crippen LogP contribution in [0.1, 0.15) is 58.9 Å². The Morgan fingerprint density at radius 2 is 1.86 bits per heavy atom. The van der Waals surface area contributed by atoms with Gasteiger partial charge in [0.05, 0.1) is 7.11 Å². The molecule has 162 valence electrons. The van der Waals surface area contributed by atoms with Crippen molar-refractivity contribution in [3.05, 3.63) is 35.9 Å². The largest absolute Gasteiger partial charge is 0.493 e. The Morgan fingerprint density at radius 1 is 1.14 bits per heavy atom. The zero-order valence-electron chi connectivity index (χ0n) is 18.4. The Balaban J connectivity index is 2.49. The zero-order chi connectivity index (χ0) is 21.8. The van der Waals surface area contributed by atoms with E-state index in [0.717, 1.165) is 24.8 Å². The van der Waals surface area contributed by atoms with Gasteiger partial charge in [-0.15, -0.1) is 0 Å². The second-order valence-electron chi connectivity index (χ2n) is 7.87. The number of unbranched alkanes of at least 4 members (excludes halogenated alkanes) is 2. The maximum absolute atomic E-state index is 12.1. The van der Waals surface area contributed by atoms with Crippen LogP contribution >= 0.6 is 0 Å². The summed E-state index contributed by atoms with van der Waals surface area (Å²) in [5.41, 5.74) is 6.69. The number of methoxy groups -OCH3 is 1. The third kappa shape index (κ3) is 9.61. The quantitative estimate of drug-likeness (QED) is 0.238. The maximum atomic E-state index is 12.1. The molecule has 29 heavy (non-hydrogen) atoms. The van der Waals surface area contributed by atoms with Crippen LogP contribution in [0.3, 0.4) is 0 Å². The summed E-state index contributed by atoms with van der Waals surface area (Å²) in [5.74, 6) is 0.820. The Morgan fingerprint density at radius 3 is 2.48 bits per heavy atom. The molecule has 1 aromatic carbocycles. The van der Waals surface area contributed by atoms with E-state index in [1.807, 2.05) is 13.8 Å². The molecule has 0 bridgehead atoms. The van der Waals surface area contributed by atoms with E-state index in [-0.39, 0.29) is 11.8 Å². The number of carbonyl (C=O) groups excluding carboxylic acids is 2. The second kappa shape index (κ2) is 13.0. The van der Waals surface area contributed by atoms with Gasteiger partial charge in [-0.05, 0) is 48.8 Å². The molecule has 0 aromatic heterocycles. The van der Waals surface area contributed by atoms with Crippen molar-refractivity contribution in [1.82, 2.24) is 5.32 Å². The number of hydrogen-bond acceptors (Lipinski definition) is 5. The van der Waals surface area contributed by atoms with Gasteiger partial charge in [-0.1, -0.05) is 45.9 Å². The molecule has 0 unspecified atom stereocenters. The van der Waals surface area contributed by atoms with Gasteiger partial charge >= 0.3 is 5.97 Å². The van der Waals surface area contributed by atoms with Gasteiger partial charge in [0.1, 0.15) is 6.04 Å². The normalized spacial score (nSPS) is 12.4. The molecule has 3 N–H and O–H groups in total. The second-order valence-corrected chi connectivity index (χ2v) is 7.87. The Kier molecular flexibility index (Phi) is 11.1. The average molecular weight is 405 g/mol. The number of nitrogens with one attached hydrogen (secondary N) is 1. The van der Waals surface area contributed by atoms with Crippen LogP contribution in [0.2, 0.25) is 0 Å². The number of rotatable bonds is 12. The molecule has 0 heterocycles. The standard InChI is InChI=1S/C23H36N2O4/c1-16(2)10-8-6-7-9-11-21(26)25-15-18-12-13-19(20(14-18)28-5)29-23(27)22(24)17(3)4/h8,10,12-14,16-17,22H,6-7,9,11,15,24H2,1-5H3,(H,25,26)/b10-8+/t22-/m1/s1. The minimum atomic E-state index is -0.695. The van der Waals surface area contributed by atoms with Crippen LogP contribution in [0, 0.1) is 11.8 Å². The van der Waals surface area contributed by atoms with Crippen LogP contribution in [0.25, 0.3) is 0 Å². The Labute approximate surface area is 174 Å². The molecule has 1 amide bonds. The molecule has 1 atom stereocenters. The van der Waals surface area contributed by atoms with E-state index >= 15 is 0 Å². The van der Waals surface area contributed by atoms with Gasteiger partial charge < -0.3 is 20.5 Å². The highest BCUT2D eigenvalue weighted by Crippen LogP contribution is 2.28. The summed E-state index contributed by atoms with van der Waals surface area (Å²) < 4.78 is 10.7. The fourth-order valence-electron chi connectivity index (χ4n) is 2.56. The molecule has 0 aliphatic heterocycles. The number of ether oxygens (including phenoxy) is 2. The molecule has 0 spiro atoms. The topological polar surface area (TPSA) is 90.6 Å². The highest BCUT2D eigenvalue weighted by atomic mass is 16.6. The first-order valence-electron chi connectivity index (χ1n) is 10.3. The molecule has 0 aliphatic rings. The van der Waals surface area contributed by atoms with Crippen molar-refractivity contribution in [2.45, 2.75) is 66.0 Å². The number of carbonyl (C=O) groups is 2. The van der Waals surface area contributed by atoms with Crippen LogP contribution in [0.15, 0.2) is 30.4 Å². The molecule has 0 saturated carbocycles. The van der Waals surface area contributed by atoms with E-state index in [9.17, 15) is 9.59 Å². The van der Waals surface area contributed by atoms with Crippen molar-refractivity contribution < 1.29 is 19.1 Å². The predicted octanol–water partition coefficient (Wildman–Crippen LogP) is 3.97. The number of benzene rings is 1. The summed E-state index contributed by atoms with van der Waals surface area (Å²) in [7, 11) is 1.51. The summed E-state index contributed by atoms with van der Waals surface area (Å²) in [5, 5.41) is 2.91. The first-order valence-corrected chi connectivity index (χ1v) is 10.3. The van der Waals surface area contributed by atoms with Crippen molar-refractivity contribution in [2.24, 2.45) is 17.6 Å². The average Bonchev–Trinajstić information content (AvgIpc) is 2.68. The lowest BCUT2D eigenvalue weighted by Gasteiger charge is -2.16. The van der Waals surface area contributed by atoms with E-state index in [2.05, 4.69) is 31.3 Å². The predicted molar refractivity (Wildman–Crippen MR) is 116 cm³/mol. The summed E-state index contributed by atoms with van der Waals surface area (Å²) in [6.07, 6.45) is 7.74. The van der Waals surface area contributed by atoms with Crippen molar-refractivity contribution in [3.8, 4) is 11.5 Å². The summed E-state index contributed by atoms with van der Waals surface area (Å²) in [4.78, 5) is 24.1. The van der Waals surface area contributed by atoms with Crippen molar-refractivity contribution in [3.63, 3.8) is 0 Å². The van der Waals surface area contributed by atoms with E-state index in [4.69, 9.17) is 15.2 Å². The van der Waals surface area contributed by atoms with E-state index in [1.165, 1.54) is 7.11 Å². The fraction of sp³-hybridized carbons (Fsp3) is 0.565. The highest BCUT2D eigenvalue weighted by molar-refractivity contribution is 5.79. The molecular weight excluding hydrogens is 368 g/mol. The van der Waals surface area contributed by atoms with Crippen molar-refractivity contribution in [2.75, 3.05) is 7.11 Å². The molecule has 0 aliphatic carbocycles. The summed E-state index contributed by atoms with van der Waals surface area (Å²) >= 11 is 0. The lowest BCUT2D eigenvalue weighted by molar-refractivity contribution is -0.137. The van der Waals surface area contributed by atoms with Crippen LogP contribution in [0.5, 0.6) is 11.5 Å². The number of hydrogen-bond donors (Lipinski definition) is 2.